The maximum atomic E-state index is 12.4. The van der Waals surface area contributed by atoms with Crippen molar-refractivity contribution in [2.45, 2.75) is 38.5 Å². The molecule has 138 valence electrons. The van der Waals surface area contributed by atoms with Gasteiger partial charge < -0.3 is 9.80 Å². The third kappa shape index (κ3) is 3.27. The molecular weight excluding hydrogens is 334 g/mol. The van der Waals surface area contributed by atoms with Gasteiger partial charge in [-0.1, -0.05) is 0 Å². The van der Waals surface area contributed by atoms with Gasteiger partial charge in [0.2, 0.25) is 17.7 Å². The van der Waals surface area contributed by atoms with Crippen molar-refractivity contribution >= 4 is 23.5 Å². The molecule has 26 heavy (non-hydrogen) atoms. The van der Waals surface area contributed by atoms with Crippen molar-refractivity contribution in [1.82, 2.24) is 20.0 Å². The predicted molar refractivity (Wildman–Crippen MR) is 93.4 cm³/mol. The summed E-state index contributed by atoms with van der Waals surface area (Å²) in [6.45, 7) is 2.36. The molecular formula is C18H23N5O3. The van der Waals surface area contributed by atoms with Gasteiger partial charge in [-0.2, -0.15) is 5.10 Å². The minimum atomic E-state index is -0.244. The van der Waals surface area contributed by atoms with E-state index in [1.807, 2.05) is 0 Å². The molecule has 2 saturated heterocycles. The number of imide groups is 1. The van der Waals surface area contributed by atoms with Gasteiger partial charge in [0.15, 0.2) is 5.82 Å². The Balaban J connectivity index is 1.34. The van der Waals surface area contributed by atoms with Gasteiger partial charge in [-0.15, -0.1) is 5.10 Å². The first-order valence-electron chi connectivity index (χ1n) is 9.33. The molecule has 0 atom stereocenters. The van der Waals surface area contributed by atoms with Crippen LogP contribution in [-0.2, 0) is 27.2 Å². The third-order valence-electron chi connectivity index (χ3n) is 5.46. The first-order valence-corrected chi connectivity index (χ1v) is 9.33. The number of likely N-dealkylation sites (tertiary alicyclic amines) is 1. The highest BCUT2D eigenvalue weighted by Crippen LogP contribution is 2.23. The summed E-state index contributed by atoms with van der Waals surface area (Å²) in [7, 11) is 0. The maximum Gasteiger partial charge on any atom is 0.242 e. The highest BCUT2D eigenvalue weighted by Gasteiger charge is 2.32. The molecule has 4 rings (SSSR count). The molecule has 1 aliphatic carbocycles. The Morgan fingerprint density at radius 3 is 2.35 bits per heavy atom. The number of hydrogen-bond donors (Lipinski definition) is 0. The van der Waals surface area contributed by atoms with E-state index in [1.165, 1.54) is 18.4 Å². The predicted octanol–water partition coefficient (Wildman–Crippen LogP) is 0.153. The Bertz CT molecular complexity index is 726. The average Bonchev–Trinajstić information content (AvgIpc) is 2.99. The quantitative estimate of drug-likeness (QED) is 0.716. The Kier molecular flexibility index (Phi) is 4.57. The van der Waals surface area contributed by atoms with Crippen LogP contribution in [-0.4, -0.2) is 70.4 Å². The maximum absolute atomic E-state index is 12.4. The molecule has 1 aromatic rings. The number of carbonyl (C=O) groups is 3. The molecule has 0 saturated carbocycles. The van der Waals surface area contributed by atoms with E-state index < -0.39 is 0 Å². The molecule has 8 nitrogen and oxygen atoms in total. The number of anilines is 1. The lowest BCUT2D eigenvalue weighted by Crippen LogP contribution is -2.52. The molecule has 2 aliphatic heterocycles. The molecule has 3 heterocycles. The van der Waals surface area contributed by atoms with Gasteiger partial charge in [-0.3, -0.25) is 19.3 Å². The topological polar surface area (TPSA) is 86.7 Å². The van der Waals surface area contributed by atoms with Crippen LogP contribution in [0.4, 0.5) is 5.82 Å². The number of aromatic nitrogens is 2. The molecule has 0 N–H and O–H groups in total. The summed E-state index contributed by atoms with van der Waals surface area (Å²) >= 11 is 0. The molecule has 0 aromatic carbocycles. The van der Waals surface area contributed by atoms with Crippen molar-refractivity contribution in [1.29, 1.82) is 0 Å². The van der Waals surface area contributed by atoms with E-state index in [9.17, 15) is 14.4 Å². The number of fused-ring (bicyclic) bond motifs is 1. The fraction of sp³-hybridized carbons (Fsp3) is 0.611. The molecule has 1 aromatic heterocycles. The molecule has 8 heteroatoms. The third-order valence-corrected chi connectivity index (χ3v) is 5.46. The summed E-state index contributed by atoms with van der Waals surface area (Å²) < 4.78 is 0. The first-order chi connectivity index (χ1) is 12.6. The van der Waals surface area contributed by atoms with Gasteiger partial charge in [0, 0.05) is 39.0 Å². The lowest BCUT2D eigenvalue weighted by molar-refractivity contribution is -0.145. The van der Waals surface area contributed by atoms with Crippen molar-refractivity contribution in [3.8, 4) is 0 Å². The summed E-state index contributed by atoms with van der Waals surface area (Å²) in [6, 6.07) is 2.14. The summed E-state index contributed by atoms with van der Waals surface area (Å²) in [5, 5.41) is 8.74. The van der Waals surface area contributed by atoms with E-state index in [0.717, 1.165) is 29.3 Å². The number of nitrogens with zero attached hydrogens (tertiary/aromatic N) is 5. The number of piperazine rings is 1. The van der Waals surface area contributed by atoms with Crippen molar-refractivity contribution < 1.29 is 14.4 Å². The van der Waals surface area contributed by atoms with Crippen LogP contribution in [0.5, 0.6) is 0 Å². The smallest absolute Gasteiger partial charge is 0.242 e. The fourth-order valence-corrected chi connectivity index (χ4v) is 3.85. The molecule has 0 bridgehead atoms. The van der Waals surface area contributed by atoms with Gasteiger partial charge in [0.05, 0.1) is 5.69 Å². The second-order valence-corrected chi connectivity index (χ2v) is 7.12. The van der Waals surface area contributed by atoms with E-state index in [-0.39, 0.29) is 37.1 Å². The summed E-state index contributed by atoms with van der Waals surface area (Å²) in [4.78, 5) is 40.7. The highest BCUT2D eigenvalue weighted by atomic mass is 16.2. The molecule has 2 fully saturated rings. The van der Waals surface area contributed by atoms with E-state index in [0.29, 0.717) is 26.2 Å². The molecule has 3 amide bonds. The van der Waals surface area contributed by atoms with E-state index in [2.05, 4.69) is 21.2 Å². The zero-order valence-electron chi connectivity index (χ0n) is 14.8. The number of amides is 3. The number of carbonyl (C=O) groups excluding carboxylic acids is 3. The minimum absolute atomic E-state index is 0.129. The number of hydrogen-bond acceptors (Lipinski definition) is 6. The normalized spacial score (nSPS) is 20.5. The summed E-state index contributed by atoms with van der Waals surface area (Å²) in [5.74, 6) is 0.227. The zero-order chi connectivity index (χ0) is 18.1. The van der Waals surface area contributed by atoms with Crippen LogP contribution in [0.3, 0.4) is 0 Å². The molecule has 3 aliphatic rings. The van der Waals surface area contributed by atoms with Crippen LogP contribution >= 0.6 is 0 Å². The fourth-order valence-electron chi connectivity index (χ4n) is 3.85. The Labute approximate surface area is 152 Å². The zero-order valence-corrected chi connectivity index (χ0v) is 14.8. The van der Waals surface area contributed by atoms with Crippen molar-refractivity contribution in [2.75, 3.05) is 37.6 Å². The largest absolute Gasteiger partial charge is 0.352 e. The minimum Gasteiger partial charge on any atom is -0.352 e. The summed E-state index contributed by atoms with van der Waals surface area (Å²) in [6.07, 6.45) is 4.90. The van der Waals surface area contributed by atoms with Gasteiger partial charge in [-0.05, 0) is 37.3 Å². The van der Waals surface area contributed by atoms with Crippen LogP contribution < -0.4 is 4.90 Å². The Hall–Kier alpha value is -2.51. The van der Waals surface area contributed by atoms with Crippen molar-refractivity contribution in [3.63, 3.8) is 0 Å². The van der Waals surface area contributed by atoms with Crippen LogP contribution in [0.15, 0.2) is 6.07 Å². The first kappa shape index (κ1) is 16.9. The van der Waals surface area contributed by atoms with Gasteiger partial charge in [-0.25, -0.2) is 0 Å². The van der Waals surface area contributed by atoms with Crippen LogP contribution in [0, 0.1) is 0 Å². The number of rotatable bonds is 3. The van der Waals surface area contributed by atoms with Crippen LogP contribution in [0.2, 0.25) is 0 Å². The monoisotopic (exact) mass is 357 g/mol. The molecule has 0 unspecified atom stereocenters. The lowest BCUT2D eigenvalue weighted by atomic mass is 9.97. The summed E-state index contributed by atoms with van der Waals surface area (Å²) in [5.41, 5.74) is 2.42. The van der Waals surface area contributed by atoms with Gasteiger partial charge >= 0.3 is 0 Å². The highest BCUT2D eigenvalue weighted by molar-refractivity contribution is 6.04. The van der Waals surface area contributed by atoms with Gasteiger partial charge in [0.1, 0.15) is 6.54 Å². The average molecular weight is 357 g/mol. The van der Waals surface area contributed by atoms with Crippen LogP contribution in [0.1, 0.15) is 36.9 Å². The standard InChI is InChI=1S/C18H23N5O3/c24-16-5-6-17(25)23(16)12-18(26)22-9-7-21(8-10-22)15-11-13-3-1-2-4-14(13)19-20-15/h11H,1-10,12H2. The Morgan fingerprint density at radius 2 is 1.62 bits per heavy atom. The second-order valence-electron chi connectivity index (χ2n) is 7.12. The van der Waals surface area contributed by atoms with Crippen molar-refractivity contribution in [2.24, 2.45) is 0 Å². The van der Waals surface area contributed by atoms with E-state index in [4.69, 9.17) is 0 Å². The molecule has 0 radical (unpaired) electrons. The van der Waals surface area contributed by atoms with E-state index >= 15 is 0 Å². The van der Waals surface area contributed by atoms with Gasteiger partial charge in [0.25, 0.3) is 0 Å². The van der Waals surface area contributed by atoms with E-state index in [1.54, 1.807) is 4.90 Å². The lowest BCUT2D eigenvalue weighted by Gasteiger charge is -2.36. The van der Waals surface area contributed by atoms with Crippen molar-refractivity contribution in [3.05, 3.63) is 17.3 Å². The van der Waals surface area contributed by atoms with Crippen LogP contribution in [0.25, 0.3) is 0 Å². The Morgan fingerprint density at radius 1 is 0.923 bits per heavy atom. The number of aryl methyl sites for hydroxylation is 2. The SMILES string of the molecule is O=C(CN1C(=O)CCC1=O)N1CCN(c2cc3c(nn2)CCCC3)CC1. The molecule has 0 spiro atoms. The second kappa shape index (κ2) is 7.01.